The molecule has 0 amide bonds. The number of fused-ring (bicyclic) bond motifs is 3. The van der Waals surface area contributed by atoms with Gasteiger partial charge < -0.3 is 0 Å². The first-order chi connectivity index (χ1) is 14.7. The summed E-state index contributed by atoms with van der Waals surface area (Å²) in [5.74, 6) is 0. The highest BCUT2D eigenvalue weighted by Gasteiger charge is 2.30. The average molecular weight is 514 g/mol. The SMILES string of the molecule is Brc1ccccc1-c1nnc(-c2ccccc2Br)c2c1-c1cccc3cccc-2c13. The molecule has 0 atom stereocenters. The van der Waals surface area contributed by atoms with Gasteiger partial charge in [0.25, 0.3) is 0 Å². The summed E-state index contributed by atoms with van der Waals surface area (Å²) in [6.45, 7) is 0. The van der Waals surface area contributed by atoms with Crippen LogP contribution < -0.4 is 0 Å². The average Bonchev–Trinajstić information content (AvgIpc) is 3.11. The van der Waals surface area contributed by atoms with E-state index >= 15 is 0 Å². The summed E-state index contributed by atoms with van der Waals surface area (Å²) in [7, 11) is 0. The van der Waals surface area contributed by atoms with E-state index < -0.39 is 0 Å². The van der Waals surface area contributed by atoms with Crippen molar-refractivity contribution in [2.45, 2.75) is 0 Å². The molecule has 0 fully saturated rings. The van der Waals surface area contributed by atoms with Crippen molar-refractivity contribution in [1.29, 1.82) is 0 Å². The van der Waals surface area contributed by atoms with Crippen LogP contribution in [0.3, 0.4) is 0 Å². The van der Waals surface area contributed by atoms with Crippen LogP contribution in [0.5, 0.6) is 0 Å². The lowest BCUT2D eigenvalue weighted by atomic mass is 9.95. The van der Waals surface area contributed by atoms with Gasteiger partial charge in [-0.25, -0.2) is 0 Å². The third kappa shape index (κ3) is 2.54. The van der Waals surface area contributed by atoms with Gasteiger partial charge in [-0.3, -0.25) is 0 Å². The minimum absolute atomic E-state index is 0.900. The molecular formula is C26H14Br2N2. The van der Waals surface area contributed by atoms with Gasteiger partial charge in [-0.15, -0.1) is 10.2 Å². The standard InChI is InChI=1S/C26H14Br2N2/c27-20-13-3-1-9-16(20)25-23-18-11-5-7-15-8-6-12-19(22(15)18)24(23)26(30-29-25)17-10-2-4-14-21(17)28/h1-14H. The van der Waals surface area contributed by atoms with Crippen molar-refractivity contribution in [2.24, 2.45) is 0 Å². The number of rotatable bonds is 2. The van der Waals surface area contributed by atoms with Gasteiger partial charge >= 0.3 is 0 Å². The Morgan fingerprint density at radius 2 is 0.900 bits per heavy atom. The molecule has 4 heteroatoms. The van der Waals surface area contributed by atoms with Gasteiger partial charge in [0.1, 0.15) is 11.4 Å². The van der Waals surface area contributed by atoms with E-state index in [9.17, 15) is 0 Å². The Morgan fingerprint density at radius 1 is 0.467 bits per heavy atom. The first-order valence-corrected chi connectivity index (χ1v) is 11.3. The Hall–Kier alpha value is -2.82. The minimum Gasteiger partial charge on any atom is -0.149 e. The van der Waals surface area contributed by atoms with Gasteiger partial charge in [-0.05, 0) is 34.0 Å². The van der Waals surface area contributed by atoms with Crippen molar-refractivity contribution in [2.75, 3.05) is 0 Å². The molecule has 5 aromatic rings. The van der Waals surface area contributed by atoms with Crippen LogP contribution in [0.15, 0.2) is 93.9 Å². The Morgan fingerprint density at radius 3 is 1.37 bits per heavy atom. The highest BCUT2D eigenvalue weighted by atomic mass is 79.9. The van der Waals surface area contributed by atoms with Crippen molar-refractivity contribution in [1.82, 2.24) is 10.2 Å². The molecule has 6 rings (SSSR count). The maximum Gasteiger partial charge on any atom is 0.103 e. The number of hydrogen-bond donors (Lipinski definition) is 0. The van der Waals surface area contributed by atoms with Crippen LogP contribution in [0.1, 0.15) is 0 Å². The molecule has 1 heterocycles. The fraction of sp³-hybridized carbons (Fsp3) is 0. The zero-order chi connectivity index (χ0) is 20.2. The van der Waals surface area contributed by atoms with E-state index in [1.54, 1.807) is 0 Å². The van der Waals surface area contributed by atoms with Crippen LogP contribution in [-0.2, 0) is 0 Å². The van der Waals surface area contributed by atoms with Crippen LogP contribution >= 0.6 is 31.9 Å². The van der Waals surface area contributed by atoms with Crippen molar-refractivity contribution < 1.29 is 0 Å². The summed E-state index contributed by atoms with van der Waals surface area (Å²) in [6.07, 6.45) is 0. The second-order valence-corrected chi connectivity index (χ2v) is 9.02. The van der Waals surface area contributed by atoms with E-state index in [0.717, 1.165) is 42.6 Å². The predicted octanol–water partition coefficient (Wildman–Crippen LogP) is 8.14. The Bertz CT molecular complexity index is 1370. The maximum absolute atomic E-state index is 4.77. The first-order valence-electron chi connectivity index (χ1n) is 9.67. The number of halogens is 2. The number of benzene rings is 4. The molecule has 1 aliphatic rings. The monoisotopic (exact) mass is 512 g/mol. The molecular weight excluding hydrogens is 500 g/mol. The summed E-state index contributed by atoms with van der Waals surface area (Å²) in [4.78, 5) is 0. The molecule has 0 N–H and O–H groups in total. The Labute approximate surface area is 190 Å². The zero-order valence-electron chi connectivity index (χ0n) is 15.7. The molecule has 4 aromatic carbocycles. The summed E-state index contributed by atoms with van der Waals surface area (Å²) in [6, 6.07) is 29.4. The molecule has 30 heavy (non-hydrogen) atoms. The van der Waals surface area contributed by atoms with Gasteiger partial charge in [0.15, 0.2) is 0 Å². The normalized spacial score (nSPS) is 11.7. The Kier molecular flexibility index (Phi) is 4.12. The highest BCUT2D eigenvalue weighted by Crippen LogP contribution is 2.53. The van der Waals surface area contributed by atoms with Gasteiger partial charge in [-0.1, -0.05) is 105 Å². The summed E-state index contributed by atoms with van der Waals surface area (Å²) < 4.78 is 2.02. The van der Waals surface area contributed by atoms with E-state index in [1.165, 1.54) is 21.9 Å². The van der Waals surface area contributed by atoms with Crippen LogP contribution in [0, 0.1) is 0 Å². The van der Waals surface area contributed by atoms with E-state index in [-0.39, 0.29) is 0 Å². The van der Waals surface area contributed by atoms with Gasteiger partial charge in [0.2, 0.25) is 0 Å². The molecule has 0 bridgehead atoms. The van der Waals surface area contributed by atoms with Gasteiger partial charge in [0, 0.05) is 31.2 Å². The molecule has 2 nitrogen and oxygen atoms in total. The minimum atomic E-state index is 0.900. The first kappa shape index (κ1) is 18.0. The van der Waals surface area contributed by atoms with E-state index in [2.05, 4.69) is 80.4 Å². The van der Waals surface area contributed by atoms with Crippen LogP contribution in [0.2, 0.25) is 0 Å². The fourth-order valence-corrected chi connectivity index (χ4v) is 5.35. The summed E-state index contributed by atoms with van der Waals surface area (Å²) in [5.41, 5.74) is 8.62. The molecule has 0 spiro atoms. The van der Waals surface area contributed by atoms with Crippen LogP contribution in [0.25, 0.3) is 55.5 Å². The maximum atomic E-state index is 4.77. The van der Waals surface area contributed by atoms with Crippen LogP contribution in [0.4, 0.5) is 0 Å². The van der Waals surface area contributed by atoms with Crippen molar-refractivity contribution in [3.8, 4) is 44.8 Å². The fourth-order valence-electron chi connectivity index (χ4n) is 4.40. The largest absolute Gasteiger partial charge is 0.149 e. The van der Waals surface area contributed by atoms with E-state index in [0.29, 0.717) is 0 Å². The third-order valence-electron chi connectivity index (χ3n) is 5.67. The lowest BCUT2D eigenvalue weighted by molar-refractivity contribution is 1.05. The molecule has 0 saturated carbocycles. The molecule has 142 valence electrons. The lowest BCUT2D eigenvalue weighted by Gasteiger charge is -2.14. The van der Waals surface area contributed by atoms with Crippen LogP contribution in [-0.4, -0.2) is 10.2 Å². The summed E-state index contributed by atoms with van der Waals surface area (Å²) in [5, 5.41) is 12.0. The summed E-state index contributed by atoms with van der Waals surface area (Å²) >= 11 is 7.43. The smallest absolute Gasteiger partial charge is 0.103 e. The quantitative estimate of drug-likeness (QED) is 0.233. The number of hydrogen-bond acceptors (Lipinski definition) is 2. The topological polar surface area (TPSA) is 25.8 Å². The second kappa shape index (κ2) is 6.86. The van der Waals surface area contributed by atoms with Crippen molar-refractivity contribution >= 4 is 42.6 Å². The molecule has 1 aromatic heterocycles. The Balaban J connectivity index is 1.79. The van der Waals surface area contributed by atoms with E-state index in [1.807, 2.05) is 36.4 Å². The molecule has 0 aliphatic heterocycles. The highest BCUT2D eigenvalue weighted by molar-refractivity contribution is 9.11. The number of nitrogens with zero attached hydrogens (tertiary/aromatic N) is 2. The van der Waals surface area contributed by atoms with Gasteiger partial charge in [0.05, 0.1) is 0 Å². The molecule has 0 radical (unpaired) electrons. The second-order valence-electron chi connectivity index (χ2n) is 7.32. The van der Waals surface area contributed by atoms with Crippen molar-refractivity contribution in [3.63, 3.8) is 0 Å². The predicted molar refractivity (Wildman–Crippen MR) is 130 cm³/mol. The number of aromatic nitrogens is 2. The van der Waals surface area contributed by atoms with E-state index in [4.69, 9.17) is 10.2 Å². The lowest BCUT2D eigenvalue weighted by Crippen LogP contribution is -1.98. The molecule has 0 saturated heterocycles. The molecule has 0 unspecified atom stereocenters. The third-order valence-corrected chi connectivity index (χ3v) is 7.06. The van der Waals surface area contributed by atoms with Crippen molar-refractivity contribution in [3.05, 3.63) is 93.9 Å². The molecule has 1 aliphatic carbocycles. The van der Waals surface area contributed by atoms with Gasteiger partial charge in [-0.2, -0.15) is 0 Å². The zero-order valence-corrected chi connectivity index (χ0v) is 18.9.